The standard InChI is InChI=1S/C20H26N2O5/c1-13-2-3-17-14(10-13)11-18(27-17)20(25)22-5-4-16(23)19(24)15(12-22)21-6-8-26-9-7-21/h2-3,10-11,15-16,19,23-24H,4-9,12H2,1H3/t15-,16-,19+/m1/s1. The van der Waals surface area contributed by atoms with Crippen molar-refractivity contribution in [3.8, 4) is 0 Å². The number of fused-ring (bicyclic) bond motifs is 1. The molecule has 3 atom stereocenters. The second-order valence-corrected chi connectivity index (χ2v) is 7.47. The minimum atomic E-state index is -0.890. The number of aliphatic hydroxyl groups is 2. The van der Waals surface area contributed by atoms with Crippen LogP contribution in [0.25, 0.3) is 11.0 Å². The molecule has 2 aliphatic rings. The molecule has 146 valence electrons. The van der Waals surface area contributed by atoms with E-state index in [0.717, 1.165) is 10.9 Å². The highest BCUT2D eigenvalue weighted by atomic mass is 16.5. The summed E-state index contributed by atoms with van der Waals surface area (Å²) in [4.78, 5) is 16.9. The zero-order valence-electron chi connectivity index (χ0n) is 15.5. The minimum absolute atomic E-state index is 0.205. The molecule has 3 heterocycles. The molecule has 2 N–H and O–H groups in total. The van der Waals surface area contributed by atoms with Gasteiger partial charge in [-0.15, -0.1) is 0 Å². The number of aryl methyl sites for hydroxylation is 1. The zero-order chi connectivity index (χ0) is 19.0. The fourth-order valence-corrected chi connectivity index (χ4v) is 3.99. The largest absolute Gasteiger partial charge is 0.451 e. The maximum Gasteiger partial charge on any atom is 0.289 e. The van der Waals surface area contributed by atoms with Crippen LogP contribution in [0, 0.1) is 6.92 Å². The van der Waals surface area contributed by atoms with Gasteiger partial charge in [-0.05, 0) is 31.5 Å². The summed E-state index contributed by atoms with van der Waals surface area (Å²) in [6, 6.07) is 7.26. The summed E-state index contributed by atoms with van der Waals surface area (Å²) in [5, 5.41) is 21.8. The fourth-order valence-electron chi connectivity index (χ4n) is 3.99. The van der Waals surface area contributed by atoms with Gasteiger partial charge in [0.15, 0.2) is 5.76 Å². The van der Waals surface area contributed by atoms with Crippen molar-refractivity contribution >= 4 is 16.9 Å². The Morgan fingerprint density at radius 2 is 1.93 bits per heavy atom. The molecule has 0 aliphatic carbocycles. The Hall–Kier alpha value is -1.93. The summed E-state index contributed by atoms with van der Waals surface area (Å²) >= 11 is 0. The summed E-state index contributed by atoms with van der Waals surface area (Å²) in [5.41, 5.74) is 1.79. The Labute approximate surface area is 158 Å². The predicted octanol–water partition coefficient (Wildman–Crippen LogP) is 1.01. The van der Waals surface area contributed by atoms with Crippen molar-refractivity contribution in [3.63, 3.8) is 0 Å². The van der Waals surface area contributed by atoms with Crippen LogP contribution in [0.1, 0.15) is 22.5 Å². The lowest BCUT2D eigenvalue weighted by molar-refractivity contribution is -0.0609. The van der Waals surface area contributed by atoms with E-state index in [1.165, 1.54) is 0 Å². The molecule has 2 fully saturated rings. The number of hydrogen-bond acceptors (Lipinski definition) is 6. The van der Waals surface area contributed by atoms with Crippen LogP contribution in [-0.4, -0.2) is 83.6 Å². The molecule has 1 aromatic heterocycles. The van der Waals surface area contributed by atoms with Crippen molar-refractivity contribution < 1.29 is 24.2 Å². The first-order chi connectivity index (χ1) is 13.0. The van der Waals surface area contributed by atoms with Crippen LogP contribution >= 0.6 is 0 Å². The number of benzene rings is 1. The number of ether oxygens (including phenoxy) is 1. The van der Waals surface area contributed by atoms with Gasteiger partial charge >= 0.3 is 0 Å². The van der Waals surface area contributed by atoms with E-state index in [9.17, 15) is 15.0 Å². The minimum Gasteiger partial charge on any atom is -0.451 e. The molecule has 27 heavy (non-hydrogen) atoms. The molecule has 2 aliphatic heterocycles. The van der Waals surface area contributed by atoms with Crippen LogP contribution in [-0.2, 0) is 4.74 Å². The molecule has 2 aromatic rings. The number of aliphatic hydroxyl groups excluding tert-OH is 2. The van der Waals surface area contributed by atoms with Crippen molar-refractivity contribution in [1.82, 2.24) is 9.80 Å². The summed E-state index contributed by atoms with van der Waals surface area (Å²) in [6.07, 6.45) is -1.40. The third-order valence-corrected chi connectivity index (χ3v) is 5.58. The third kappa shape index (κ3) is 3.73. The SMILES string of the molecule is Cc1ccc2oc(C(=O)N3CC[C@@H](O)[C@@H](O)[C@H](N4CCOCC4)C3)cc2c1. The molecule has 4 rings (SSSR count). The molecule has 0 spiro atoms. The number of carbonyl (C=O) groups is 1. The molecule has 2 saturated heterocycles. The molecule has 0 bridgehead atoms. The van der Waals surface area contributed by atoms with Gasteiger partial charge in [0.2, 0.25) is 0 Å². The van der Waals surface area contributed by atoms with Gasteiger partial charge in [0.1, 0.15) is 5.58 Å². The summed E-state index contributed by atoms with van der Waals surface area (Å²) in [7, 11) is 0. The Balaban J connectivity index is 1.57. The van der Waals surface area contributed by atoms with Crippen LogP contribution in [0.15, 0.2) is 28.7 Å². The van der Waals surface area contributed by atoms with Gasteiger partial charge in [-0.2, -0.15) is 0 Å². The normalized spacial score (nSPS) is 27.7. The van der Waals surface area contributed by atoms with Gasteiger partial charge in [-0.3, -0.25) is 9.69 Å². The number of morpholine rings is 1. The van der Waals surface area contributed by atoms with Gasteiger partial charge in [-0.1, -0.05) is 11.6 Å². The van der Waals surface area contributed by atoms with E-state index in [1.54, 1.807) is 11.0 Å². The lowest BCUT2D eigenvalue weighted by Crippen LogP contribution is -2.55. The molecule has 1 aromatic carbocycles. The first-order valence-electron chi connectivity index (χ1n) is 9.50. The first kappa shape index (κ1) is 18.4. The molecule has 1 amide bonds. The number of hydrogen-bond donors (Lipinski definition) is 2. The van der Waals surface area contributed by atoms with Gasteiger partial charge in [0, 0.05) is 31.6 Å². The summed E-state index contributed by atoms with van der Waals surface area (Å²) in [5.74, 6) is 0.0885. The van der Waals surface area contributed by atoms with E-state index in [2.05, 4.69) is 4.90 Å². The van der Waals surface area contributed by atoms with E-state index in [-0.39, 0.29) is 11.9 Å². The lowest BCUT2D eigenvalue weighted by Gasteiger charge is -2.38. The Morgan fingerprint density at radius 1 is 1.15 bits per heavy atom. The second-order valence-electron chi connectivity index (χ2n) is 7.47. The maximum absolute atomic E-state index is 13.1. The van der Waals surface area contributed by atoms with Crippen LogP contribution in [0.5, 0.6) is 0 Å². The molecule has 7 heteroatoms. The summed E-state index contributed by atoms with van der Waals surface area (Å²) < 4.78 is 11.2. The number of rotatable bonds is 2. The van der Waals surface area contributed by atoms with Crippen molar-refractivity contribution in [2.45, 2.75) is 31.6 Å². The monoisotopic (exact) mass is 374 g/mol. The Bertz CT molecular complexity index is 814. The third-order valence-electron chi connectivity index (χ3n) is 5.58. The van der Waals surface area contributed by atoms with Gasteiger partial charge in [0.25, 0.3) is 5.91 Å². The molecule has 0 unspecified atom stereocenters. The van der Waals surface area contributed by atoms with Crippen LogP contribution in [0.2, 0.25) is 0 Å². The van der Waals surface area contributed by atoms with Crippen LogP contribution in [0.4, 0.5) is 0 Å². The molecule has 0 radical (unpaired) electrons. The first-order valence-corrected chi connectivity index (χ1v) is 9.50. The topological polar surface area (TPSA) is 86.4 Å². The van der Waals surface area contributed by atoms with E-state index in [1.807, 2.05) is 25.1 Å². The van der Waals surface area contributed by atoms with Gasteiger partial charge in [0.05, 0.1) is 31.5 Å². The van der Waals surface area contributed by atoms with Crippen molar-refractivity contribution in [2.24, 2.45) is 0 Å². The molecular formula is C20H26N2O5. The van der Waals surface area contributed by atoms with Crippen molar-refractivity contribution in [3.05, 3.63) is 35.6 Å². The fraction of sp³-hybridized carbons (Fsp3) is 0.550. The van der Waals surface area contributed by atoms with E-state index in [4.69, 9.17) is 9.15 Å². The number of nitrogens with zero attached hydrogens (tertiary/aromatic N) is 2. The number of amides is 1. The Kier molecular flexibility index (Phi) is 5.19. The second kappa shape index (κ2) is 7.59. The zero-order valence-corrected chi connectivity index (χ0v) is 15.5. The lowest BCUT2D eigenvalue weighted by atomic mass is 10.0. The predicted molar refractivity (Wildman–Crippen MR) is 99.7 cm³/mol. The molecule has 7 nitrogen and oxygen atoms in total. The quantitative estimate of drug-likeness (QED) is 0.816. The summed E-state index contributed by atoms with van der Waals surface area (Å²) in [6.45, 7) is 5.28. The highest BCUT2D eigenvalue weighted by molar-refractivity contribution is 5.96. The average Bonchev–Trinajstić information content (AvgIpc) is 3.04. The van der Waals surface area contributed by atoms with E-state index >= 15 is 0 Å². The average molecular weight is 374 g/mol. The van der Waals surface area contributed by atoms with Crippen molar-refractivity contribution in [1.29, 1.82) is 0 Å². The van der Waals surface area contributed by atoms with E-state index in [0.29, 0.717) is 57.2 Å². The highest BCUT2D eigenvalue weighted by Crippen LogP contribution is 2.24. The number of carbonyl (C=O) groups excluding carboxylic acids is 1. The number of furan rings is 1. The molecular weight excluding hydrogens is 348 g/mol. The highest BCUT2D eigenvalue weighted by Gasteiger charge is 2.38. The van der Waals surface area contributed by atoms with E-state index < -0.39 is 12.2 Å². The van der Waals surface area contributed by atoms with Gasteiger partial charge < -0.3 is 24.3 Å². The van der Waals surface area contributed by atoms with Crippen LogP contribution in [0.3, 0.4) is 0 Å². The number of likely N-dealkylation sites (tertiary alicyclic amines) is 1. The van der Waals surface area contributed by atoms with Crippen LogP contribution < -0.4 is 0 Å². The smallest absolute Gasteiger partial charge is 0.289 e. The molecule has 0 saturated carbocycles. The van der Waals surface area contributed by atoms with Gasteiger partial charge in [-0.25, -0.2) is 0 Å². The maximum atomic E-state index is 13.1. The Morgan fingerprint density at radius 3 is 2.70 bits per heavy atom. The van der Waals surface area contributed by atoms with Crippen molar-refractivity contribution in [2.75, 3.05) is 39.4 Å².